The van der Waals surface area contributed by atoms with Gasteiger partial charge < -0.3 is 26.0 Å². The summed E-state index contributed by atoms with van der Waals surface area (Å²) in [6.45, 7) is 0.514. The van der Waals surface area contributed by atoms with Crippen LogP contribution in [0.5, 0.6) is 0 Å². The number of hydrogen-bond acceptors (Lipinski definition) is 7. The number of anilines is 2. The molecule has 0 saturated heterocycles. The molecule has 0 atom stereocenters. The van der Waals surface area contributed by atoms with E-state index in [1.165, 1.54) is 12.8 Å². The molecule has 11 heteroatoms. The largest absolute Gasteiger partial charge is 0.478 e. The van der Waals surface area contributed by atoms with Crippen molar-refractivity contribution in [1.29, 1.82) is 0 Å². The van der Waals surface area contributed by atoms with Crippen molar-refractivity contribution in [2.24, 2.45) is 5.73 Å². The van der Waals surface area contributed by atoms with E-state index >= 15 is 0 Å². The van der Waals surface area contributed by atoms with Crippen molar-refractivity contribution < 1.29 is 9.90 Å². The van der Waals surface area contributed by atoms with Gasteiger partial charge in [0.2, 0.25) is 5.95 Å². The highest BCUT2D eigenvalue weighted by molar-refractivity contribution is 5.87. The molecule has 0 radical (unpaired) electrons. The number of fused-ring (bicyclic) bond motifs is 1. The van der Waals surface area contributed by atoms with E-state index < -0.39 is 5.97 Å². The maximum Gasteiger partial charge on any atom is 0.335 e. The summed E-state index contributed by atoms with van der Waals surface area (Å²) in [6.07, 6.45) is 10.7. The van der Waals surface area contributed by atoms with Crippen LogP contribution in [0.1, 0.15) is 73.3 Å². The second-order valence-corrected chi connectivity index (χ2v) is 9.27. The highest BCUT2D eigenvalue weighted by atomic mass is 35.5. The number of nitrogens with zero attached hydrogens (tertiary/aromatic N) is 4. The van der Waals surface area contributed by atoms with Crippen LogP contribution in [0.4, 0.5) is 11.8 Å². The maximum atomic E-state index is 11.1. The molecule has 0 aliphatic heterocycles. The van der Waals surface area contributed by atoms with Gasteiger partial charge in [-0.1, -0.05) is 25.0 Å². The summed E-state index contributed by atoms with van der Waals surface area (Å²) in [7, 11) is 0. The van der Waals surface area contributed by atoms with Gasteiger partial charge in [-0.15, -0.1) is 24.8 Å². The quantitative estimate of drug-likeness (QED) is 0.349. The van der Waals surface area contributed by atoms with Crippen LogP contribution in [-0.4, -0.2) is 42.7 Å². The second-order valence-electron chi connectivity index (χ2n) is 9.27. The summed E-state index contributed by atoms with van der Waals surface area (Å²) in [5.74, 6) is 0.379. The van der Waals surface area contributed by atoms with Crippen molar-refractivity contribution in [3.8, 4) is 0 Å². The first-order chi connectivity index (χ1) is 16.1. The summed E-state index contributed by atoms with van der Waals surface area (Å²) in [6, 6.07) is 7.91. The Hall–Kier alpha value is -2.62. The minimum atomic E-state index is -0.927. The molecule has 2 aliphatic rings. The third kappa shape index (κ3) is 6.15. The van der Waals surface area contributed by atoms with Gasteiger partial charge in [0, 0.05) is 24.7 Å². The van der Waals surface area contributed by atoms with Crippen molar-refractivity contribution >= 4 is 53.7 Å². The van der Waals surface area contributed by atoms with E-state index in [1.54, 1.807) is 12.1 Å². The molecule has 2 aliphatic carbocycles. The fraction of sp³-hybridized carbons (Fsp3) is 0.500. The number of benzene rings is 1. The molecule has 35 heavy (non-hydrogen) atoms. The zero-order valence-corrected chi connectivity index (χ0v) is 21.2. The van der Waals surface area contributed by atoms with Gasteiger partial charge in [-0.05, 0) is 56.2 Å². The van der Waals surface area contributed by atoms with E-state index in [-0.39, 0.29) is 30.4 Å². The topological polar surface area (TPSA) is 131 Å². The number of nitrogens with two attached hydrogens (primary N) is 1. The zero-order valence-electron chi connectivity index (χ0n) is 19.5. The molecule has 0 unspecified atom stereocenters. The van der Waals surface area contributed by atoms with Crippen LogP contribution in [0.15, 0.2) is 30.6 Å². The molecule has 5 N–H and O–H groups in total. The molecule has 2 heterocycles. The standard InChI is InChI=1S/C24H31N7O2.2ClH/c25-17-9-11-18(12-10-17)28-24-29-21(26-13-15-5-7-16(8-6-15)23(32)33)20-22(30-24)31(14-27-20)19-3-1-2-4-19;;/h5-8,14,17-19H,1-4,9-13,25H2,(H,32,33)(H2,26,28,29,30);2*1H. The SMILES string of the molecule is Cl.Cl.NC1CCC(Nc2nc(NCc3ccc(C(=O)O)cc3)c3ncn(C4CCCC4)c3n2)CC1. The van der Waals surface area contributed by atoms with Crippen molar-refractivity contribution in [2.45, 2.75) is 76.0 Å². The maximum absolute atomic E-state index is 11.1. The fourth-order valence-corrected chi connectivity index (χ4v) is 4.95. The smallest absolute Gasteiger partial charge is 0.335 e. The Labute approximate surface area is 217 Å². The third-order valence-electron chi connectivity index (χ3n) is 6.91. The van der Waals surface area contributed by atoms with Gasteiger partial charge in [0.05, 0.1) is 11.9 Å². The lowest BCUT2D eigenvalue weighted by atomic mass is 9.92. The van der Waals surface area contributed by atoms with Gasteiger partial charge in [0.25, 0.3) is 0 Å². The molecule has 0 amide bonds. The predicted molar refractivity (Wildman–Crippen MR) is 142 cm³/mol. The Bertz CT molecular complexity index is 1120. The average Bonchev–Trinajstić information content (AvgIpc) is 3.49. The molecule has 9 nitrogen and oxygen atoms in total. The normalized spacial score (nSPS) is 20.1. The van der Waals surface area contributed by atoms with Crippen LogP contribution in [0.25, 0.3) is 11.2 Å². The molecular formula is C24H33Cl2N7O2. The number of carboxylic acid groups (broad SMARTS) is 1. The predicted octanol–water partition coefficient (Wildman–Crippen LogP) is 4.78. The fourth-order valence-electron chi connectivity index (χ4n) is 4.95. The van der Waals surface area contributed by atoms with Crippen molar-refractivity contribution in [2.75, 3.05) is 10.6 Å². The molecular weight excluding hydrogens is 489 g/mol. The molecule has 190 valence electrons. The first kappa shape index (κ1) is 27.0. The van der Waals surface area contributed by atoms with E-state index in [4.69, 9.17) is 20.8 Å². The number of halogens is 2. The molecule has 0 spiro atoms. The van der Waals surface area contributed by atoms with Gasteiger partial charge in [0.1, 0.15) is 0 Å². The van der Waals surface area contributed by atoms with Crippen molar-refractivity contribution in [1.82, 2.24) is 19.5 Å². The number of rotatable bonds is 7. The van der Waals surface area contributed by atoms with E-state index in [1.807, 2.05) is 18.5 Å². The number of carboxylic acids is 1. The average molecular weight is 522 g/mol. The molecule has 5 rings (SSSR count). The van der Waals surface area contributed by atoms with Crippen LogP contribution >= 0.6 is 24.8 Å². The van der Waals surface area contributed by atoms with Gasteiger partial charge >= 0.3 is 5.97 Å². The lowest BCUT2D eigenvalue weighted by Gasteiger charge is -2.27. The number of carbonyl (C=O) groups is 1. The number of aromatic carboxylic acids is 1. The Morgan fingerprint density at radius 2 is 1.71 bits per heavy atom. The molecule has 1 aromatic carbocycles. The van der Waals surface area contributed by atoms with Crippen LogP contribution in [0.2, 0.25) is 0 Å². The lowest BCUT2D eigenvalue weighted by Crippen LogP contribution is -2.33. The Morgan fingerprint density at radius 3 is 2.37 bits per heavy atom. The highest BCUT2D eigenvalue weighted by Gasteiger charge is 2.23. The number of aromatic nitrogens is 4. The van der Waals surface area contributed by atoms with E-state index in [0.717, 1.165) is 55.3 Å². The number of hydrogen-bond donors (Lipinski definition) is 4. The van der Waals surface area contributed by atoms with E-state index in [0.29, 0.717) is 36.4 Å². The van der Waals surface area contributed by atoms with Gasteiger partial charge in [-0.2, -0.15) is 9.97 Å². The monoisotopic (exact) mass is 521 g/mol. The van der Waals surface area contributed by atoms with Crippen molar-refractivity contribution in [3.05, 3.63) is 41.7 Å². The summed E-state index contributed by atoms with van der Waals surface area (Å²) >= 11 is 0. The molecule has 2 saturated carbocycles. The second kappa shape index (κ2) is 11.9. The van der Waals surface area contributed by atoms with E-state index in [9.17, 15) is 4.79 Å². The first-order valence-electron chi connectivity index (χ1n) is 11.9. The summed E-state index contributed by atoms with van der Waals surface area (Å²) in [5, 5.41) is 16.1. The summed E-state index contributed by atoms with van der Waals surface area (Å²) < 4.78 is 2.21. The Balaban J connectivity index is 0.00000171. The van der Waals surface area contributed by atoms with Crippen LogP contribution in [-0.2, 0) is 6.54 Å². The number of imidazole rings is 1. The number of nitrogens with one attached hydrogen (secondary N) is 2. The molecule has 2 aromatic heterocycles. The highest BCUT2D eigenvalue weighted by Crippen LogP contribution is 2.33. The van der Waals surface area contributed by atoms with Crippen LogP contribution in [0.3, 0.4) is 0 Å². The summed E-state index contributed by atoms with van der Waals surface area (Å²) in [4.78, 5) is 25.4. The van der Waals surface area contributed by atoms with Gasteiger partial charge in [-0.25, -0.2) is 9.78 Å². The Morgan fingerprint density at radius 1 is 1.03 bits per heavy atom. The summed E-state index contributed by atoms with van der Waals surface area (Å²) in [5.41, 5.74) is 8.94. The molecule has 0 bridgehead atoms. The van der Waals surface area contributed by atoms with Crippen LogP contribution in [0, 0.1) is 0 Å². The zero-order chi connectivity index (χ0) is 22.8. The van der Waals surface area contributed by atoms with E-state index in [2.05, 4.69) is 20.2 Å². The van der Waals surface area contributed by atoms with Gasteiger partial charge in [-0.3, -0.25) is 0 Å². The van der Waals surface area contributed by atoms with Crippen molar-refractivity contribution in [3.63, 3.8) is 0 Å². The minimum Gasteiger partial charge on any atom is -0.478 e. The molecule has 3 aromatic rings. The Kier molecular flexibility index (Phi) is 9.15. The van der Waals surface area contributed by atoms with Gasteiger partial charge in [0.15, 0.2) is 17.0 Å². The van der Waals surface area contributed by atoms with Crippen LogP contribution < -0.4 is 16.4 Å². The molecule has 2 fully saturated rings. The minimum absolute atomic E-state index is 0. The first-order valence-corrected chi connectivity index (χ1v) is 11.9. The lowest BCUT2D eigenvalue weighted by molar-refractivity contribution is 0.0697. The third-order valence-corrected chi connectivity index (χ3v) is 6.91.